The maximum Gasteiger partial charge on any atom is 0.228 e. The summed E-state index contributed by atoms with van der Waals surface area (Å²) in [5, 5.41) is 10.2. The number of aliphatic hydroxyl groups is 1. The van der Waals surface area contributed by atoms with Crippen LogP contribution in [0.4, 0.5) is 0 Å². The van der Waals surface area contributed by atoms with E-state index >= 15 is 0 Å². The van der Waals surface area contributed by atoms with Crippen molar-refractivity contribution in [3.63, 3.8) is 0 Å². The van der Waals surface area contributed by atoms with Gasteiger partial charge < -0.3 is 14.9 Å². The molecule has 0 bridgehead atoms. The molecular formula is C14H24N2O3. The zero-order valence-corrected chi connectivity index (χ0v) is 12.2. The third-order valence-electron chi connectivity index (χ3n) is 4.45. The standard InChI is InChI=1S/C14H24N2O3/c1-9(2)14(19)7-15(8-14)13(18)11-5-12(17)16(6-11)10(3)4/h9-11,19H,5-8H2,1-4H3. The maximum absolute atomic E-state index is 12.3. The van der Waals surface area contributed by atoms with Crippen molar-refractivity contribution in [2.45, 2.75) is 45.8 Å². The van der Waals surface area contributed by atoms with Gasteiger partial charge in [0.25, 0.3) is 0 Å². The van der Waals surface area contributed by atoms with Crippen molar-refractivity contribution < 1.29 is 14.7 Å². The van der Waals surface area contributed by atoms with Crippen LogP contribution in [0.2, 0.25) is 0 Å². The number of hydrogen-bond donors (Lipinski definition) is 1. The van der Waals surface area contributed by atoms with E-state index in [-0.39, 0.29) is 29.7 Å². The molecule has 2 amide bonds. The Balaban J connectivity index is 1.92. The van der Waals surface area contributed by atoms with Crippen LogP contribution < -0.4 is 0 Å². The predicted molar refractivity (Wildman–Crippen MR) is 71.3 cm³/mol. The van der Waals surface area contributed by atoms with Crippen LogP contribution in [0.15, 0.2) is 0 Å². The Kier molecular flexibility index (Phi) is 3.60. The van der Waals surface area contributed by atoms with E-state index in [0.29, 0.717) is 26.1 Å². The van der Waals surface area contributed by atoms with Crippen molar-refractivity contribution in [2.24, 2.45) is 11.8 Å². The van der Waals surface area contributed by atoms with E-state index in [1.54, 1.807) is 9.80 Å². The maximum atomic E-state index is 12.3. The lowest BCUT2D eigenvalue weighted by Gasteiger charge is -2.49. The summed E-state index contributed by atoms with van der Waals surface area (Å²) in [6, 6.07) is 0.147. The Morgan fingerprint density at radius 2 is 1.89 bits per heavy atom. The predicted octanol–water partition coefficient (Wildman–Crippen LogP) is 0.473. The summed E-state index contributed by atoms with van der Waals surface area (Å²) in [6.45, 7) is 9.16. The third kappa shape index (κ3) is 2.48. The second-order valence-electron chi connectivity index (χ2n) is 6.49. The highest BCUT2D eigenvalue weighted by Gasteiger charge is 2.48. The molecule has 5 nitrogen and oxygen atoms in total. The van der Waals surface area contributed by atoms with Gasteiger partial charge in [-0.25, -0.2) is 0 Å². The van der Waals surface area contributed by atoms with Crippen LogP contribution in [0.1, 0.15) is 34.1 Å². The van der Waals surface area contributed by atoms with E-state index in [0.717, 1.165) is 0 Å². The molecule has 1 N–H and O–H groups in total. The highest BCUT2D eigenvalue weighted by Crippen LogP contribution is 2.31. The van der Waals surface area contributed by atoms with Crippen LogP contribution in [-0.4, -0.2) is 58.0 Å². The van der Waals surface area contributed by atoms with Crippen LogP contribution in [-0.2, 0) is 9.59 Å². The molecule has 0 aromatic heterocycles. The van der Waals surface area contributed by atoms with Crippen LogP contribution in [0, 0.1) is 11.8 Å². The minimum absolute atomic E-state index is 0.0156. The largest absolute Gasteiger partial charge is 0.386 e. The van der Waals surface area contributed by atoms with Crippen LogP contribution in [0.25, 0.3) is 0 Å². The summed E-state index contributed by atoms with van der Waals surface area (Å²) in [7, 11) is 0. The quantitative estimate of drug-likeness (QED) is 0.809. The number of likely N-dealkylation sites (tertiary alicyclic amines) is 2. The van der Waals surface area contributed by atoms with Crippen LogP contribution >= 0.6 is 0 Å². The van der Waals surface area contributed by atoms with Gasteiger partial charge in [-0.2, -0.15) is 0 Å². The van der Waals surface area contributed by atoms with Crippen LogP contribution in [0.5, 0.6) is 0 Å². The first-order chi connectivity index (χ1) is 8.74. The van der Waals surface area contributed by atoms with E-state index in [2.05, 4.69) is 0 Å². The zero-order chi connectivity index (χ0) is 14.4. The number of hydrogen-bond acceptors (Lipinski definition) is 3. The molecule has 2 fully saturated rings. The molecular weight excluding hydrogens is 244 g/mol. The van der Waals surface area contributed by atoms with Crippen LogP contribution in [0.3, 0.4) is 0 Å². The Labute approximate surface area is 114 Å². The molecule has 19 heavy (non-hydrogen) atoms. The number of amides is 2. The van der Waals surface area contributed by atoms with E-state index < -0.39 is 5.60 Å². The fourth-order valence-electron chi connectivity index (χ4n) is 2.79. The molecule has 0 saturated carbocycles. The molecule has 5 heteroatoms. The highest BCUT2D eigenvalue weighted by molar-refractivity contribution is 5.89. The summed E-state index contributed by atoms with van der Waals surface area (Å²) in [5.74, 6) is -0.00430. The lowest BCUT2D eigenvalue weighted by molar-refractivity contribution is -0.167. The second-order valence-corrected chi connectivity index (χ2v) is 6.49. The number of carbonyl (C=O) groups is 2. The van der Waals surface area contributed by atoms with Gasteiger partial charge in [-0.1, -0.05) is 13.8 Å². The average molecular weight is 268 g/mol. The lowest BCUT2D eigenvalue weighted by Crippen LogP contribution is -2.66. The summed E-state index contributed by atoms with van der Waals surface area (Å²) in [4.78, 5) is 27.5. The van der Waals surface area contributed by atoms with Crippen molar-refractivity contribution in [3.05, 3.63) is 0 Å². The minimum atomic E-state index is -0.740. The number of rotatable bonds is 3. The molecule has 2 aliphatic heterocycles. The highest BCUT2D eigenvalue weighted by atomic mass is 16.3. The van der Waals surface area contributed by atoms with Gasteiger partial charge in [0.1, 0.15) is 5.60 Å². The molecule has 1 unspecified atom stereocenters. The van der Waals surface area contributed by atoms with Gasteiger partial charge in [0, 0.05) is 19.0 Å². The van der Waals surface area contributed by atoms with Gasteiger partial charge in [-0.3, -0.25) is 9.59 Å². The molecule has 2 heterocycles. The molecule has 1 atom stereocenters. The molecule has 0 radical (unpaired) electrons. The average Bonchev–Trinajstić information content (AvgIpc) is 2.66. The molecule has 2 saturated heterocycles. The zero-order valence-electron chi connectivity index (χ0n) is 12.2. The van der Waals surface area contributed by atoms with Crippen molar-refractivity contribution in [3.8, 4) is 0 Å². The fourth-order valence-corrected chi connectivity index (χ4v) is 2.79. The summed E-state index contributed by atoms with van der Waals surface area (Å²) < 4.78 is 0. The molecule has 0 aromatic carbocycles. The molecule has 2 aliphatic rings. The number of carbonyl (C=O) groups excluding carboxylic acids is 2. The number of β-amino-alcohol motifs (C(OH)–C–C–N with tert-alkyl or cyclic N) is 1. The second kappa shape index (κ2) is 4.78. The van der Waals surface area contributed by atoms with E-state index in [4.69, 9.17) is 0 Å². The molecule has 0 aromatic rings. The monoisotopic (exact) mass is 268 g/mol. The van der Waals surface area contributed by atoms with Gasteiger partial charge in [0.15, 0.2) is 0 Å². The molecule has 108 valence electrons. The van der Waals surface area contributed by atoms with E-state index in [9.17, 15) is 14.7 Å². The fraction of sp³-hybridized carbons (Fsp3) is 0.857. The van der Waals surface area contributed by atoms with E-state index in [1.807, 2.05) is 27.7 Å². The summed E-state index contributed by atoms with van der Waals surface area (Å²) >= 11 is 0. The van der Waals surface area contributed by atoms with E-state index in [1.165, 1.54) is 0 Å². The van der Waals surface area contributed by atoms with Gasteiger partial charge in [-0.15, -0.1) is 0 Å². The van der Waals surface area contributed by atoms with Crippen molar-refractivity contribution in [2.75, 3.05) is 19.6 Å². The molecule has 0 aliphatic carbocycles. The smallest absolute Gasteiger partial charge is 0.228 e. The van der Waals surface area contributed by atoms with Crippen molar-refractivity contribution >= 4 is 11.8 Å². The molecule has 0 spiro atoms. The first-order valence-corrected chi connectivity index (χ1v) is 7.05. The normalized spacial score (nSPS) is 26.3. The van der Waals surface area contributed by atoms with Gasteiger partial charge in [0.2, 0.25) is 11.8 Å². The Morgan fingerprint density at radius 3 is 2.32 bits per heavy atom. The molecule has 2 rings (SSSR count). The van der Waals surface area contributed by atoms with Gasteiger partial charge in [-0.05, 0) is 19.8 Å². The van der Waals surface area contributed by atoms with Crippen molar-refractivity contribution in [1.82, 2.24) is 9.80 Å². The first-order valence-electron chi connectivity index (χ1n) is 7.05. The first kappa shape index (κ1) is 14.3. The Bertz CT molecular complexity index is 386. The lowest BCUT2D eigenvalue weighted by atomic mass is 9.82. The summed E-state index contributed by atoms with van der Waals surface area (Å²) in [6.07, 6.45) is 0.313. The third-order valence-corrected chi connectivity index (χ3v) is 4.45. The Hall–Kier alpha value is -1.10. The topological polar surface area (TPSA) is 60.9 Å². The van der Waals surface area contributed by atoms with Crippen molar-refractivity contribution in [1.29, 1.82) is 0 Å². The SMILES string of the molecule is CC(C)N1CC(C(=O)N2CC(O)(C(C)C)C2)CC1=O. The Morgan fingerprint density at radius 1 is 1.32 bits per heavy atom. The summed E-state index contributed by atoms with van der Waals surface area (Å²) in [5.41, 5.74) is -0.740. The number of nitrogens with zero attached hydrogens (tertiary/aromatic N) is 2. The van der Waals surface area contributed by atoms with Gasteiger partial charge >= 0.3 is 0 Å². The van der Waals surface area contributed by atoms with Gasteiger partial charge in [0.05, 0.1) is 19.0 Å². The minimum Gasteiger partial charge on any atom is -0.386 e.